The van der Waals surface area contributed by atoms with Crippen molar-refractivity contribution in [2.24, 2.45) is 0 Å². The smallest absolute Gasteiger partial charge is 0.257 e. The van der Waals surface area contributed by atoms with Gasteiger partial charge in [-0.05, 0) is 44.0 Å². The lowest BCUT2D eigenvalue weighted by Gasteiger charge is -2.27. The molecule has 0 atom stereocenters. The number of morpholine rings is 1. The number of hydrogen-bond donors (Lipinski definition) is 1. The number of thiophene rings is 1. The first-order chi connectivity index (χ1) is 14.1. The van der Waals surface area contributed by atoms with Gasteiger partial charge in [0.15, 0.2) is 0 Å². The van der Waals surface area contributed by atoms with Gasteiger partial charge >= 0.3 is 0 Å². The minimum atomic E-state index is -0.0520. The molecule has 6 nitrogen and oxygen atoms in total. The van der Waals surface area contributed by atoms with Gasteiger partial charge in [0.25, 0.3) is 5.91 Å². The van der Waals surface area contributed by atoms with Gasteiger partial charge in [-0.15, -0.1) is 11.3 Å². The van der Waals surface area contributed by atoms with E-state index in [1.807, 2.05) is 42.2 Å². The molecule has 3 heterocycles. The molecule has 0 bridgehead atoms. The molecule has 2 amide bonds. The van der Waals surface area contributed by atoms with E-state index in [1.165, 1.54) is 11.3 Å². The summed E-state index contributed by atoms with van der Waals surface area (Å²) in [6, 6.07) is 10.0. The topological polar surface area (TPSA) is 61.9 Å². The Hall–Kier alpha value is -2.22. The second kappa shape index (κ2) is 9.07. The average Bonchev–Trinajstić information content (AvgIpc) is 3.36. The van der Waals surface area contributed by atoms with E-state index in [0.29, 0.717) is 43.4 Å². The minimum absolute atomic E-state index is 0.0271. The molecule has 2 aliphatic heterocycles. The van der Waals surface area contributed by atoms with E-state index in [9.17, 15) is 9.59 Å². The maximum absolute atomic E-state index is 13.3. The lowest BCUT2D eigenvalue weighted by atomic mass is 10.1. The Morgan fingerprint density at radius 1 is 1.07 bits per heavy atom. The lowest BCUT2D eigenvalue weighted by molar-refractivity contribution is -0.117. The first-order valence-corrected chi connectivity index (χ1v) is 11.0. The molecule has 0 spiro atoms. The van der Waals surface area contributed by atoms with Gasteiger partial charge in [-0.25, -0.2) is 0 Å². The zero-order valence-electron chi connectivity index (χ0n) is 16.8. The number of carbonyl (C=O) groups excluding carboxylic acids is 2. The van der Waals surface area contributed by atoms with Crippen LogP contribution in [-0.2, 0) is 9.53 Å². The van der Waals surface area contributed by atoms with Crippen molar-refractivity contribution in [3.05, 3.63) is 41.5 Å². The molecule has 2 saturated heterocycles. The summed E-state index contributed by atoms with van der Waals surface area (Å²) in [5.41, 5.74) is 2.60. The SMILES string of the molecule is Cc1c(-c2ccccc2)sc(NC(=O)CN2CCCC2)c1C(=O)N1CCOCC1. The van der Waals surface area contributed by atoms with E-state index in [4.69, 9.17) is 4.74 Å². The molecule has 1 N–H and O–H groups in total. The molecule has 1 aromatic carbocycles. The van der Waals surface area contributed by atoms with Crippen LogP contribution in [0.3, 0.4) is 0 Å². The van der Waals surface area contributed by atoms with Crippen molar-refractivity contribution >= 4 is 28.2 Å². The molecule has 0 unspecified atom stereocenters. The summed E-state index contributed by atoms with van der Waals surface area (Å²) in [4.78, 5) is 31.0. The maximum Gasteiger partial charge on any atom is 0.257 e. The number of hydrogen-bond acceptors (Lipinski definition) is 5. The summed E-state index contributed by atoms with van der Waals surface area (Å²) in [6.45, 7) is 6.54. The Labute approximate surface area is 175 Å². The monoisotopic (exact) mass is 413 g/mol. The molecule has 2 aromatic rings. The predicted octanol–water partition coefficient (Wildman–Crippen LogP) is 3.23. The van der Waals surface area contributed by atoms with Crippen LogP contribution in [0.1, 0.15) is 28.8 Å². The first kappa shape index (κ1) is 20.1. The van der Waals surface area contributed by atoms with E-state index >= 15 is 0 Å². The number of rotatable bonds is 5. The number of ether oxygens (including phenoxy) is 1. The summed E-state index contributed by atoms with van der Waals surface area (Å²) < 4.78 is 5.39. The Balaban J connectivity index is 1.64. The molecule has 154 valence electrons. The Kier molecular flexibility index (Phi) is 6.28. The molecule has 7 heteroatoms. The minimum Gasteiger partial charge on any atom is -0.378 e. The molecule has 2 fully saturated rings. The second-order valence-electron chi connectivity index (χ2n) is 7.56. The number of benzene rings is 1. The fourth-order valence-electron chi connectivity index (χ4n) is 3.96. The quantitative estimate of drug-likeness (QED) is 0.818. The van der Waals surface area contributed by atoms with Gasteiger partial charge in [-0.2, -0.15) is 0 Å². The molecular weight excluding hydrogens is 386 g/mol. The van der Waals surface area contributed by atoms with Gasteiger partial charge in [0.1, 0.15) is 5.00 Å². The van der Waals surface area contributed by atoms with Crippen molar-refractivity contribution in [2.75, 3.05) is 51.3 Å². The zero-order chi connectivity index (χ0) is 20.2. The van der Waals surface area contributed by atoms with E-state index in [-0.39, 0.29) is 11.8 Å². The van der Waals surface area contributed by atoms with Gasteiger partial charge in [0, 0.05) is 18.0 Å². The number of anilines is 1. The highest BCUT2D eigenvalue weighted by Gasteiger charge is 2.28. The average molecular weight is 414 g/mol. The standard InChI is InChI=1S/C22H27N3O3S/c1-16-19(22(27)25-11-13-28-14-12-25)21(23-18(26)15-24-9-5-6-10-24)29-20(16)17-7-3-2-4-8-17/h2-4,7-8H,5-6,9-15H2,1H3,(H,23,26). The Bertz CT molecular complexity index is 869. The van der Waals surface area contributed by atoms with Crippen molar-refractivity contribution in [2.45, 2.75) is 19.8 Å². The van der Waals surface area contributed by atoms with Crippen LogP contribution < -0.4 is 5.32 Å². The number of nitrogens with zero attached hydrogens (tertiary/aromatic N) is 2. The van der Waals surface area contributed by atoms with Crippen molar-refractivity contribution in [1.29, 1.82) is 0 Å². The zero-order valence-corrected chi connectivity index (χ0v) is 17.6. The number of nitrogens with one attached hydrogen (secondary N) is 1. The third-order valence-corrected chi connectivity index (χ3v) is 6.77. The molecule has 0 saturated carbocycles. The van der Waals surface area contributed by atoms with E-state index < -0.39 is 0 Å². The van der Waals surface area contributed by atoms with Crippen molar-refractivity contribution in [3.63, 3.8) is 0 Å². The molecular formula is C22H27N3O3S. The highest BCUT2D eigenvalue weighted by molar-refractivity contribution is 7.20. The van der Waals surface area contributed by atoms with Crippen LogP contribution >= 0.6 is 11.3 Å². The fourth-order valence-corrected chi connectivity index (χ4v) is 5.18. The molecule has 0 aliphatic carbocycles. The Morgan fingerprint density at radius 2 is 1.76 bits per heavy atom. The van der Waals surface area contributed by atoms with Crippen LogP contribution in [0.25, 0.3) is 10.4 Å². The third kappa shape index (κ3) is 4.52. The maximum atomic E-state index is 13.3. The third-order valence-electron chi connectivity index (χ3n) is 5.51. The van der Waals surface area contributed by atoms with Gasteiger partial charge in [0.05, 0.1) is 25.3 Å². The van der Waals surface area contributed by atoms with Gasteiger partial charge in [0.2, 0.25) is 5.91 Å². The van der Waals surface area contributed by atoms with E-state index in [0.717, 1.165) is 41.9 Å². The molecule has 29 heavy (non-hydrogen) atoms. The summed E-state index contributed by atoms with van der Waals surface area (Å²) in [5.74, 6) is -0.0792. The predicted molar refractivity (Wildman–Crippen MR) is 116 cm³/mol. The van der Waals surface area contributed by atoms with Crippen LogP contribution in [0.5, 0.6) is 0 Å². The van der Waals surface area contributed by atoms with Gasteiger partial charge < -0.3 is 15.0 Å². The lowest BCUT2D eigenvalue weighted by Crippen LogP contribution is -2.41. The number of carbonyl (C=O) groups is 2. The highest BCUT2D eigenvalue weighted by Crippen LogP contribution is 2.40. The van der Waals surface area contributed by atoms with Crippen LogP contribution in [0.2, 0.25) is 0 Å². The van der Waals surface area contributed by atoms with E-state index in [1.54, 1.807) is 0 Å². The van der Waals surface area contributed by atoms with Crippen LogP contribution in [0, 0.1) is 6.92 Å². The summed E-state index contributed by atoms with van der Waals surface area (Å²) in [5, 5.41) is 3.70. The van der Waals surface area contributed by atoms with Gasteiger partial charge in [-0.1, -0.05) is 30.3 Å². The van der Waals surface area contributed by atoms with Crippen molar-refractivity contribution < 1.29 is 14.3 Å². The summed E-state index contributed by atoms with van der Waals surface area (Å²) in [6.07, 6.45) is 2.29. The molecule has 4 rings (SSSR count). The van der Waals surface area contributed by atoms with Crippen molar-refractivity contribution in [1.82, 2.24) is 9.80 Å². The van der Waals surface area contributed by atoms with Crippen molar-refractivity contribution in [3.8, 4) is 10.4 Å². The fraction of sp³-hybridized carbons (Fsp3) is 0.455. The molecule has 2 aliphatic rings. The molecule has 1 aromatic heterocycles. The normalized spacial score (nSPS) is 17.5. The van der Waals surface area contributed by atoms with Crippen LogP contribution in [0.15, 0.2) is 30.3 Å². The second-order valence-corrected chi connectivity index (χ2v) is 8.58. The first-order valence-electron chi connectivity index (χ1n) is 10.2. The summed E-state index contributed by atoms with van der Waals surface area (Å²) >= 11 is 1.49. The summed E-state index contributed by atoms with van der Waals surface area (Å²) in [7, 11) is 0. The van der Waals surface area contributed by atoms with E-state index in [2.05, 4.69) is 10.2 Å². The van der Waals surface area contributed by atoms with Gasteiger partial charge in [-0.3, -0.25) is 14.5 Å². The highest BCUT2D eigenvalue weighted by atomic mass is 32.1. The van der Waals surface area contributed by atoms with Crippen LogP contribution in [-0.4, -0.2) is 67.6 Å². The van der Waals surface area contributed by atoms with Crippen LogP contribution in [0.4, 0.5) is 5.00 Å². The number of amides is 2. The largest absolute Gasteiger partial charge is 0.378 e. The number of likely N-dealkylation sites (tertiary alicyclic amines) is 1. The Morgan fingerprint density at radius 3 is 2.45 bits per heavy atom. The molecule has 0 radical (unpaired) electrons.